The molecule has 0 radical (unpaired) electrons. The van der Waals surface area contributed by atoms with Crippen molar-refractivity contribution in [3.63, 3.8) is 0 Å². The number of halogens is 1. The van der Waals surface area contributed by atoms with Gasteiger partial charge in [-0.15, -0.1) is 0 Å². The van der Waals surface area contributed by atoms with Crippen molar-refractivity contribution in [2.24, 2.45) is 5.41 Å². The summed E-state index contributed by atoms with van der Waals surface area (Å²) in [6.45, 7) is 2.77. The number of nitrogens with two attached hydrogens (primary N) is 1. The minimum atomic E-state index is -0.563. The first-order valence-corrected chi connectivity index (χ1v) is 6.39. The molecule has 3 nitrogen and oxygen atoms in total. The number of carbonyl (C=O) groups excluding carboxylic acids is 1. The van der Waals surface area contributed by atoms with E-state index in [1.165, 1.54) is 24.6 Å². The largest absolute Gasteiger partial charge is 0.399 e. The lowest BCUT2D eigenvalue weighted by molar-refractivity contribution is 0.0846. The SMILES string of the molecule is CCC1(CNC(=O)c2ccc(N)cc2F)CCC1. The summed E-state index contributed by atoms with van der Waals surface area (Å²) in [5, 5.41) is 2.83. The van der Waals surface area contributed by atoms with Gasteiger partial charge >= 0.3 is 0 Å². The zero-order valence-corrected chi connectivity index (χ0v) is 10.6. The number of carbonyl (C=O) groups is 1. The molecule has 3 N–H and O–H groups in total. The van der Waals surface area contributed by atoms with Gasteiger partial charge in [-0.3, -0.25) is 4.79 Å². The molecule has 1 aliphatic carbocycles. The number of nitrogens with one attached hydrogen (secondary N) is 1. The van der Waals surface area contributed by atoms with Gasteiger partial charge < -0.3 is 11.1 Å². The zero-order valence-electron chi connectivity index (χ0n) is 10.6. The average molecular weight is 250 g/mol. The lowest BCUT2D eigenvalue weighted by atomic mass is 9.67. The van der Waals surface area contributed by atoms with E-state index < -0.39 is 5.82 Å². The van der Waals surface area contributed by atoms with Gasteiger partial charge in [0.05, 0.1) is 5.56 Å². The van der Waals surface area contributed by atoms with Gasteiger partial charge in [-0.2, -0.15) is 0 Å². The zero-order chi connectivity index (χ0) is 13.2. The van der Waals surface area contributed by atoms with Crippen LogP contribution in [-0.4, -0.2) is 12.5 Å². The van der Waals surface area contributed by atoms with Gasteiger partial charge in [0.1, 0.15) is 5.82 Å². The number of hydrogen-bond acceptors (Lipinski definition) is 2. The Morgan fingerprint density at radius 1 is 1.50 bits per heavy atom. The fourth-order valence-electron chi connectivity index (χ4n) is 2.41. The molecule has 2 rings (SSSR count). The summed E-state index contributed by atoms with van der Waals surface area (Å²) < 4.78 is 13.6. The molecule has 0 aromatic heterocycles. The summed E-state index contributed by atoms with van der Waals surface area (Å²) in [6.07, 6.45) is 4.57. The molecular formula is C14H19FN2O. The second-order valence-electron chi connectivity index (χ2n) is 5.13. The van der Waals surface area contributed by atoms with Crippen LogP contribution in [0.2, 0.25) is 0 Å². The van der Waals surface area contributed by atoms with Crippen LogP contribution in [0.1, 0.15) is 43.0 Å². The monoisotopic (exact) mass is 250 g/mol. The van der Waals surface area contributed by atoms with Crippen molar-refractivity contribution >= 4 is 11.6 Å². The first kappa shape index (κ1) is 12.9. The summed E-state index contributed by atoms with van der Waals surface area (Å²) >= 11 is 0. The van der Waals surface area contributed by atoms with Crippen molar-refractivity contribution < 1.29 is 9.18 Å². The van der Waals surface area contributed by atoms with E-state index in [4.69, 9.17) is 5.73 Å². The third-order valence-electron chi connectivity index (χ3n) is 4.03. The van der Waals surface area contributed by atoms with Crippen LogP contribution in [0.25, 0.3) is 0 Å². The Bertz CT molecular complexity index is 450. The molecule has 0 aliphatic heterocycles. The van der Waals surface area contributed by atoms with Crippen LogP contribution in [0.4, 0.5) is 10.1 Å². The average Bonchev–Trinajstić information content (AvgIpc) is 2.27. The number of rotatable bonds is 4. The Labute approximate surface area is 107 Å². The molecule has 0 saturated heterocycles. The van der Waals surface area contributed by atoms with Gasteiger partial charge in [0.25, 0.3) is 5.91 Å². The molecule has 98 valence electrons. The Kier molecular flexibility index (Phi) is 3.55. The van der Waals surface area contributed by atoms with Crippen LogP contribution >= 0.6 is 0 Å². The van der Waals surface area contributed by atoms with Gasteiger partial charge in [-0.1, -0.05) is 13.3 Å². The molecule has 18 heavy (non-hydrogen) atoms. The number of nitrogen functional groups attached to an aromatic ring is 1. The van der Waals surface area contributed by atoms with E-state index in [1.807, 2.05) is 0 Å². The van der Waals surface area contributed by atoms with E-state index in [9.17, 15) is 9.18 Å². The van der Waals surface area contributed by atoms with Gasteiger partial charge in [0.2, 0.25) is 0 Å². The van der Waals surface area contributed by atoms with Crippen molar-refractivity contribution in [1.82, 2.24) is 5.32 Å². The van der Waals surface area contributed by atoms with E-state index in [-0.39, 0.29) is 16.9 Å². The third-order valence-corrected chi connectivity index (χ3v) is 4.03. The lowest BCUT2D eigenvalue weighted by Gasteiger charge is -2.41. The summed E-state index contributed by atoms with van der Waals surface area (Å²) in [5.74, 6) is -0.918. The number of hydrogen-bond donors (Lipinski definition) is 2. The highest BCUT2D eigenvalue weighted by atomic mass is 19.1. The molecule has 1 fully saturated rings. The third kappa shape index (κ3) is 2.47. The van der Waals surface area contributed by atoms with Gasteiger partial charge in [0.15, 0.2) is 0 Å². The maximum Gasteiger partial charge on any atom is 0.254 e. The Hall–Kier alpha value is -1.58. The maximum atomic E-state index is 13.6. The van der Waals surface area contributed by atoms with Crippen LogP contribution in [0.15, 0.2) is 18.2 Å². The quantitative estimate of drug-likeness (QED) is 0.807. The highest BCUT2D eigenvalue weighted by Crippen LogP contribution is 2.43. The smallest absolute Gasteiger partial charge is 0.254 e. The molecule has 1 aromatic rings. The predicted molar refractivity (Wildman–Crippen MR) is 69.7 cm³/mol. The Morgan fingerprint density at radius 3 is 2.72 bits per heavy atom. The second kappa shape index (κ2) is 4.96. The Balaban J connectivity index is 1.99. The maximum absolute atomic E-state index is 13.6. The highest BCUT2D eigenvalue weighted by Gasteiger charge is 2.35. The predicted octanol–water partition coefficient (Wildman–Crippen LogP) is 2.72. The molecule has 0 heterocycles. The van der Waals surface area contributed by atoms with Crippen LogP contribution in [0.5, 0.6) is 0 Å². The molecule has 1 aliphatic rings. The first-order chi connectivity index (χ1) is 8.56. The summed E-state index contributed by atoms with van der Waals surface area (Å²) in [7, 11) is 0. The van der Waals surface area contributed by atoms with E-state index in [0.717, 1.165) is 19.3 Å². The molecule has 1 saturated carbocycles. The standard InChI is InChI=1S/C14H19FN2O/c1-2-14(6-3-7-14)9-17-13(18)11-5-4-10(16)8-12(11)15/h4-5,8H,2-3,6-7,9,16H2,1H3,(H,17,18). The number of amides is 1. The molecule has 0 unspecified atom stereocenters. The van der Waals surface area contributed by atoms with E-state index >= 15 is 0 Å². The van der Waals surface area contributed by atoms with E-state index in [1.54, 1.807) is 0 Å². The molecule has 0 atom stereocenters. The molecule has 4 heteroatoms. The summed E-state index contributed by atoms with van der Waals surface area (Å²) in [4.78, 5) is 11.9. The van der Waals surface area contributed by atoms with Crippen molar-refractivity contribution in [2.75, 3.05) is 12.3 Å². The second-order valence-corrected chi connectivity index (χ2v) is 5.13. The summed E-state index contributed by atoms with van der Waals surface area (Å²) in [5.41, 5.74) is 6.08. The van der Waals surface area contributed by atoms with Crippen LogP contribution in [-0.2, 0) is 0 Å². The number of benzene rings is 1. The highest BCUT2D eigenvalue weighted by molar-refractivity contribution is 5.94. The molecule has 1 amide bonds. The van der Waals surface area contributed by atoms with Crippen molar-refractivity contribution in [1.29, 1.82) is 0 Å². The molecule has 0 bridgehead atoms. The van der Waals surface area contributed by atoms with Crippen LogP contribution in [0, 0.1) is 11.2 Å². The molecule has 1 aromatic carbocycles. The van der Waals surface area contributed by atoms with Crippen molar-refractivity contribution in [2.45, 2.75) is 32.6 Å². The minimum Gasteiger partial charge on any atom is -0.399 e. The fraction of sp³-hybridized carbons (Fsp3) is 0.500. The lowest BCUT2D eigenvalue weighted by Crippen LogP contribution is -2.41. The first-order valence-electron chi connectivity index (χ1n) is 6.39. The van der Waals surface area contributed by atoms with Gasteiger partial charge in [0, 0.05) is 12.2 Å². The van der Waals surface area contributed by atoms with Gasteiger partial charge in [-0.25, -0.2) is 4.39 Å². The van der Waals surface area contributed by atoms with Crippen LogP contribution in [0.3, 0.4) is 0 Å². The van der Waals surface area contributed by atoms with Crippen molar-refractivity contribution in [3.8, 4) is 0 Å². The van der Waals surface area contributed by atoms with Crippen molar-refractivity contribution in [3.05, 3.63) is 29.6 Å². The summed E-state index contributed by atoms with van der Waals surface area (Å²) in [6, 6.07) is 4.14. The van der Waals surface area contributed by atoms with E-state index in [0.29, 0.717) is 12.2 Å². The van der Waals surface area contributed by atoms with Gasteiger partial charge in [-0.05, 0) is 42.9 Å². The van der Waals surface area contributed by atoms with Crippen LogP contribution < -0.4 is 11.1 Å². The Morgan fingerprint density at radius 2 is 2.22 bits per heavy atom. The minimum absolute atomic E-state index is 0.0646. The normalized spacial score (nSPS) is 17.0. The number of anilines is 1. The van der Waals surface area contributed by atoms with E-state index in [2.05, 4.69) is 12.2 Å². The topological polar surface area (TPSA) is 55.1 Å². The molecule has 0 spiro atoms. The molecular weight excluding hydrogens is 231 g/mol. The fourth-order valence-corrected chi connectivity index (χ4v) is 2.41.